The molecule has 38 heavy (non-hydrogen) atoms. The fourth-order valence-electron chi connectivity index (χ4n) is 5.33. The number of fused-ring (bicyclic) bond motifs is 4. The molecule has 3 heterocycles. The Morgan fingerprint density at radius 1 is 0.921 bits per heavy atom. The van der Waals surface area contributed by atoms with E-state index in [1.165, 1.54) is 4.90 Å². The summed E-state index contributed by atoms with van der Waals surface area (Å²) < 4.78 is 18.2. The molecule has 2 atom stereocenters. The summed E-state index contributed by atoms with van der Waals surface area (Å²) in [5.74, 6) is 2.23. The third kappa shape index (κ3) is 3.73. The Kier molecular flexibility index (Phi) is 5.59. The van der Waals surface area contributed by atoms with Crippen LogP contribution in [-0.4, -0.2) is 29.2 Å². The van der Waals surface area contributed by atoms with Crippen LogP contribution in [0.5, 0.6) is 11.5 Å². The summed E-state index contributed by atoms with van der Waals surface area (Å²) in [5, 5.41) is 12.5. The highest BCUT2D eigenvalue weighted by atomic mass is 32.2. The van der Waals surface area contributed by atoms with E-state index >= 15 is 0 Å². The second-order valence-electron chi connectivity index (χ2n) is 9.38. The molecule has 0 fully saturated rings. The topological polar surface area (TPSA) is 60.1 Å². The van der Waals surface area contributed by atoms with Crippen molar-refractivity contribution in [3.63, 3.8) is 0 Å². The Labute approximate surface area is 224 Å². The Bertz CT molecular complexity index is 1660. The number of methoxy groups -OCH3 is 1. The van der Waals surface area contributed by atoms with Crippen LogP contribution in [0.2, 0.25) is 0 Å². The number of hydrazone groups is 1. The van der Waals surface area contributed by atoms with Gasteiger partial charge in [0.2, 0.25) is 6.23 Å². The number of nitrogens with zero attached hydrogens (tertiary/aromatic N) is 3. The molecule has 1 aromatic heterocycles. The molecule has 0 amide bonds. The van der Waals surface area contributed by atoms with Crippen LogP contribution in [0, 0.1) is 0 Å². The van der Waals surface area contributed by atoms with Crippen LogP contribution in [0.15, 0.2) is 106 Å². The molecule has 0 bridgehead atoms. The molecule has 5 aromatic rings. The van der Waals surface area contributed by atoms with E-state index in [0.29, 0.717) is 0 Å². The smallest absolute Gasteiger partial charge is 0.214 e. The van der Waals surface area contributed by atoms with Gasteiger partial charge in [-0.05, 0) is 42.2 Å². The van der Waals surface area contributed by atoms with Gasteiger partial charge < -0.3 is 14.0 Å². The minimum atomic E-state index is -0.435. The highest BCUT2D eigenvalue weighted by molar-refractivity contribution is 7.98. The van der Waals surface area contributed by atoms with Gasteiger partial charge in [0.05, 0.1) is 24.2 Å². The van der Waals surface area contributed by atoms with Gasteiger partial charge >= 0.3 is 0 Å². The molecule has 2 aliphatic rings. The molecule has 4 aromatic carbocycles. The average molecular weight is 520 g/mol. The van der Waals surface area contributed by atoms with Gasteiger partial charge in [0.25, 0.3) is 0 Å². The van der Waals surface area contributed by atoms with Gasteiger partial charge in [0.15, 0.2) is 17.3 Å². The van der Waals surface area contributed by atoms with Crippen LogP contribution < -0.4 is 9.47 Å². The highest BCUT2D eigenvalue weighted by Crippen LogP contribution is 2.51. The molecule has 2 unspecified atom stereocenters. The SMILES string of the molecule is COc1cccc2c1OC(c1ccc3noc(-c4ccccc4)c3c1)N1N=C(c3ccc(SC)cc3)CC21. The molecule has 0 N–H and O–H groups in total. The lowest BCUT2D eigenvalue weighted by Gasteiger charge is -2.38. The van der Waals surface area contributed by atoms with E-state index < -0.39 is 6.23 Å². The van der Waals surface area contributed by atoms with Crippen LogP contribution in [0.1, 0.15) is 35.4 Å². The zero-order valence-corrected chi connectivity index (χ0v) is 21.8. The van der Waals surface area contributed by atoms with E-state index in [2.05, 4.69) is 52.8 Å². The van der Waals surface area contributed by atoms with Crippen LogP contribution in [0.4, 0.5) is 0 Å². The van der Waals surface area contributed by atoms with E-state index in [9.17, 15) is 0 Å². The monoisotopic (exact) mass is 519 g/mol. The fraction of sp³-hybridized carbons (Fsp3) is 0.161. The Balaban J connectivity index is 1.35. The maximum Gasteiger partial charge on any atom is 0.214 e. The minimum absolute atomic E-state index is 0.0286. The van der Waals surface area contributed by atoms with Crippen LogP contribution in [0.3, 0.4) is 0 Å². The Hall–Kier alpha value is -4.23. The first-order valence-corrected chi connectivity index (χ1v) is 13.7. The largest absolute Gasteiger partial charge is 0.493 e. The maximum absolute atomic E-state index is 6.69. The van der Waals surface area contributed by atoms with E-state index in [1.807, 2.05) is 54.6 Å². The van der Waals surface area contributed by atoms with Crippen molar-refractivity contribution in [3.8, 4) is 22.8 Å². The number of aromatic nitrogens is 1. The van der Waals surface area contributed by atoms with E-state index in [0.717, 1.165) is 62.5 Å². The first-order valence-electron chi connectivity index (χ1n) is 12.5. The summed E-state index contributed by atoms with van der Waals surface area (Å²) in [6, 6.07) is 30.9. The van der Waals surface area contributed by atoms with Crippen LogP contribution >= 0.6 is 11.8 Å². The molecular formula is C31H25N3O3S. The summed E-state index contributed by atoms with van der Waals surface area (Å²) in [4.78, 5) is 1.23. The van der Waals surface area contributed by atoms with Crippen molar-refractivity contribution in [2.24, 2.45) is 5.10 Å². The van der Waals surface area contributed by atoms with Gasteiger partial charge in [0, 0.05) is 28.0 Å². The molecule has 6 nitrogen and oxygen atoms in total. The molecule has 7 rings (SSSR count). The van der Waals surface area contributed by atoms with Gasteiger partial charge in [-0.2, -0.15) is 5.10 Å². The molecule has 0 saturated carbocycles. The number of para-hydroxylation sites is 1. The van der Waals surface area contributed by atoms with Crippen molar-refractivity contribution in [2.45, 2.75) is 23.6 Å². The molecule has 0 aliphatic carbocycles. The number of hydrogen-bond acceptors (Lipinski definition) is 7. The molecular weight excluding hydrogens is 494 g/mol. The second kappa shape index (κ2) is 9.26. The highest BCUT2D eigenvalue weighted by Gasteiger charge is 2.42. The lowest BCUT2D eigenvalue weighted by molar-refractivity contribution is -0.0208. The van der Waals surface area contributed by atoms with Crippen molar-refractivity contribution in [1.29, 1.82) is 0 Å². The average Bonchev–Trinajstić information content (AvgIpc) is 3.62. The molecule has 0 radical (unpaired) electrons. The van der Waals surface area contributed by atoms with Crippen molar-refractivity contribution in [1.82, 2.24) is 10.2 Å². The van der Waals surface area contributed by atoms with E-state index in [4.69, 9.17) is 19.1 Å². The normalized spacial score (nSPS) is 18.1. The maximum atomic E-state index is 6.69. The lowest BCUT2D eigenvalue weighted by atomic mass is 9.95. The lowest BCUT2D eigenvalue weighted by Crippen LogP contribution is -2.33. The summed E-state index contributed by atoms with van der Waals surface area (Å²) in [7, 11) is 1.68. The quantitative estimate of drug-likeness (QED) is 0.225. The zero-order valence-electron chi connectivity index (χ0n) is 21.0. The third-order valence-corrected chi connectivity index (χ3v) is 7.99. The predicted molar refractivity (Wildman–Crippen MR) is 150 cm³/mol. The Morgan fingerprint density at radius 2 is 1.76 bits per heavy atom. The molecule has 0 saturated heterocycles. The minimum Gasteiger partial charge on any atom is -0.493 e. The predicted octanol–water partition coefficient (Wildman–Crippen LogP) is 7.47. The summed E-state index contributed by atoms with van der Waals surface area (Å²) >= 11 is 1.74. The number of rotatable bonds is 5. The van der Waals surface area contributed by atoms with Crippen LogP contribution in [-0.2, 0) is 0 Å². The first kappa shape index (κ1) is 22.9. The molecule has 7 heteroatoms. The number of hydrogen-bond donors (Lipinski definition) is 0. The first-order chi connectivity index (χ1) is 18.7. The van der Waals surface area contributed by atoms with Gasteiger partial charge in [0.1, 0.15) is 5.52 Å². The fourth-order valence-corrected chi connectivity index (χ4v) is 5.74. The zero-order chi connectivity index (χ0) is 25.6. The summed E-state index contributed by atoms with van der Waals surface area (Å²) in [5.41, 5.74) is 6.01. The van der Waals surface area contributed by atoms with E-state index in [-0.39, 0.29) is 6.04 Å². The molecule has 2 aliphatic heterocycles. The molecule has 188 valence electrons. The number of ether oxygens (including phenoxy) is 2. The number of benzene rings is 4. The van der Waals surface area contributed by atoms with Crippen LogP contribution in [0.25, 0.3) is 22.2 Å². The summed E-state index contributed by atoms with van der Waals surface area (Å²) in [6.07, 6.45) is 2.43. The molecule has 0 spiro atoms. The standard InChI is InChI=1S/C31H25N3O3S/c1-35-28-10-6-9-23-27-18-26(19-11-14-22(38-2)15-12-19)32-34(27)31(36-30(23)28)21-13-16-25-24(17-21)29(37-33-25)20-7-4-3-5-8-20/h3-17,27,31H,18H2,1-2H3. The van der Waals surface area contributed by atoms with Crippen molar-refractivity contribution >= 4 is 28.4 Å². The van der Waals surface area contributed by atoms with Gasteiger partial charge in [-0.15, -0.1) is 11.8 Å². The summed E-state index contributed by atoms with van der Waals surface area (Å²) in [6.45, 7) is 0. The second-order valence-corrected chi connectivity index (χ2v) is 10.3. The van der Waals surface area contributed by atoms with Crippen molar-refractivity contribution in [3.05, 3.63) is 108 Å². The third-order valence-electron chi connectivity index (χ3n) is 7.25. The number of thioether (sulfide) groups is 1. The van der Waals surface area contributed by atoms with Gasteiger partial charge in [-0.3, -0.25) is 0 Å². The van der Waals surface area contributed by atoms with Gasteiger partial charge in [-0.25, -0.2) is 5.01 Å². The van der Waals surface area contributed by atoms with E-state index in [1.54, 1.807) is 18.9 Å². The van der Waals surface area contributed by atoms with Crippen molar-refractivity contribution in [2.75, 3.05) is 13.4 Å². The Morgan fingerprint density at radius 3 is 2.55 bits per heavy atom. The van der Waals surface area contributed by atoms with Crippen molar-refractivity contribution < 1.29 is 14.0 Å². The van der Waals surface area contributed by atoms with Gasteiger partial charge in [-0.1, -0.05) is 65.8 Å².